The number of hydrogen-bond donors (Lipinski definition) is 0. The van der Waals surface area contributed by atoms with Crippen LogP contribution in [0, 0.1) is 5.92 Å². The van der Waals surface area contributed by atoms with Gasteiger partial charge in [-0.15, -0.1) is 0 Å². The lowest BCUT2D eigenvalue weighted by Gasteiger charge is -2.25. The summed E-state index contributed by atoms with van der Waals surface area (Å²) in [6, 6.07) is 8.97. The van der Waals surface area contributed by atoms with E-state index in [2.05, 4.69) is 36.1 Å². The summed E-state index contributed by atoms with van der Waals surface area (Å²) in [5.41, 5.74) is 2.67. The maximum absolute atomic E-state index is 12.3. The van der Waals surface area contributed by atoms with Gasteiger partial charge in [0.15, 0.2) is 5.78 Å². The lowest BCUT2D eigenvalue weighted by atomic mass is 10.0. The highest BCUT2D eigenvalue weighted by Gasteiger charge is 2.30. The molecule has 1 aromatic rings. The van der Waals surface area contributed by atoms with Gasteiger partial charge in [0.25, 0.3) is 0 Å². The van der Waals surface area contributed by atoms with Gasteiger partial charge in [-0.1, -0.05) is 31.0 Å². The highest BCUT2D eigenvalue weighted by Crippen LogP contribution is 2.33. The average Bonchev–Trinajstić information content (AvgIpc) is 2.98. The first-order valence-corrected chi connectivity index (χ1v) is 7.13. The number of anilines is 1. The van der Waals surface area contributed by atoms with Gasteiger partial charge in [0.2, 0.25) is 0 Å². The Bertz CT molecular complexity index is 448. The molecule has 0 N–H and O–H groups in total. The number of hydrogen-bond acceptors (Lipinski definition) is 2. The zero-order valence-corrected chi connectivity index (χ0v) is 11.1. The van der Waals surface area contributed by atoms with Crippen molar-refractivity contribution in [3.8, 4) is 0 Å². The number of Topliss-reactive ketones (excluding diaryl/α,β-unsaturated/α-hetero) is 1. The molecule has 1 unspecified atom stereocenters. The molecule has 1 aromatic carbocycles. The molecule has 2 aliphatic rings. The van der Waals surface area contributed by atoms with E-state index in [-0.39, 0.29) is 0 Å². The predicted octanol–water partition coefficient (Wildman–Crippen LogP) is 3.20. The third kappa shape index (κ3) is 2.05. The Morgan fingerprint density at radius 1 is 1.28 bits per heavy atom. The monoisotopic (exact) mass is 243 g/mol. The zero-order chi connectivity index (χ0) is 12.5. The number of para-hydroxylation sites is 1. The van der Waals surface area contributed by atoms with E-state index in [0.29, 0.717) is 24.3 Å². The maximum atomic E-state index is 12.3. The van der Waals surface area contributed by atoms with Crippen LogP contribution in [0.15, 0.2) is 24.3 Å². The van der Waals surface area contributed by atoms with E-state index in [9.17, 15) is 4.79 Å². The molecule has 1 aliphatic heterocycles. The van der Waals surface area contributed by atoms with E-state index in [0.717, 1.165) is 19.3 Å². The molecule has 2 nitrogen and oxygen atoms in total. The number of carbonyl (C=O) groups excluding carboxylic acids is 1. The Kier molecular flexibility index (Phi) is 3.11. The van der Waals surface area contributed by atoms with Gasteiger partial charge in [-0.3, -0.25) is 4.79 Å². The predicted molar refractivity (Wildman–Crippen MR) is 73.9 cm³/mol. The second kappa shape index (κ2) is 4.75. The van der Waals surface area contributed by atoms with Gasteiger partial charge in [-0.2, -0.15) is 0 Å². The second-order valence-electron chi connectivity index (χ2n) is 5.76. The van der Waals surface area contributed by atoms with Crippen LogP contribution in [0.2, 0.25) is 0 Å². The molecule has 1 heterocycles. The van der Waals surface area contributed by atoms with Crippen LogP contribution in [0.3, 0.4) is 0 Å². The summed E-state index contributed by atoms with van der Waals surface area (Å²) >= 11 is 0. The lowest BCUT2D eigenvalue weighted by Crippen LogP contribution is -2.36. The minimum absolute atomic E-state index is 0.338. The molecule has 0 aromatic heterocycles. The summed E-state index contributed by atoms with van der Waals surface area (Å²) in [5, 5.41) is 0. The minimum Gasteiger partial charge on any atom is -0.361 e. The van der Waals surface area contributed by atoms with Crippen molar-refractivity contribution < 1.29 is 4.79 Å². The zero-order valence-electron chi connectivity index (χ0n) is 11.1. The number of nitrogens with zero attached hydrogens (tertiary/aromatic N) is 1. The Balaban J connectivity index is 1.74. The van der Waals surface area contributed by atoms with Crippen molar-refractivity contribution in [1.29, 1.82) is 0 Å². The largest absolute Gasteiger partial charge is 0.361 e. The van der Waals surface area contributed by atoms with Crippen LogP contribution < -0.4 is 4.90 Å². The van der Waals surface area contributed by atoms with Gasteiger partial charge < -0.3 is 4.90 Å². The smallest absolute Gasteiger partial charge is 0.155 e. The molecule has 1 saturated carbocycles. The molecule has 2 heteroatoms. The summed E-state index contributed by atoms with van der Waals surface area (Å²) in [5.74, 6) is 0.793. The topological polar surface area (TPSA) is 20.3 Å². The van der Waals surface area contributed by atoms with Gasteiger partial charge >= 0.3 is 0 Å². The Morgan fingerprint density at radius 2 is 2.00 bits per heavy atom. The molecule has 0 radical (unpaired) electrons. The highest BCUT2D eigenvalue weighted by atomic mass is 16.1. The molecule has 0 spiro atoms. The Morgan fingerprint density at radius 3 is 2.78 bits per heavy atom. The van der Waals surface area contributed by atoms with E-state index >= 15 is 0 Å². The SMILES string of the molecule is CC1Cc2ccccc2N1CC(=O)C1CCCC1. The van der Waals surface area contributed by atoms with Gasteiger partial charge in [-0.05, 0) is 37.8 Å². The van der Waals surface area contributed by atoms with Crippen LogP contribution in [-0.2, 0) is 11.2 Å². The van der Waals surface area contributed by atoms with E-state index < -0.39 is 0 Å². The van der Waals surface area contributed by atoms with Crippen LogP contribution in [0.4, 0.5) is 5.69 Å². The van der Waals surface area contributed by atoms with Crippen molar-refractivity contribution in [3.05, 3.63) is 29.8 Å². The fourth-order valence-electron chi connectivity index (χ4n) is 3.42. The summed E-state index contributed by atoms with van der Waals surface area (Å²) in [6.45, 7) is 2.84. The molecule has 96 valence electrons. The van der Waals surface area contributed by atoms with Crippen LogP contribution in [0.1, 0.15) is 38.2 Å². The van der Waals surface area contributed by atoms with Gasteiger partial charge in [0, 0.05) is 17.6 Å². The van der Waals surface area contributed by atoms with E-state index in [1.54, 1.807) is 0 Å². The molecule has 1 atom stereocenters. The number of carbonyl (C=O) groups is 1. The normalized spacial score (nSPS) is 23.4. The molecule has 1 aliphatic carbocycles. The van der Waals surface area contributed by atoms with Crippen molar-refractivity contribution in [2.75, 3.05) is 11.4 Å². The van der Waals surface area contributed by atoms with Crippen molar-refractivity contribution in [1.82, 2.24) is 0 Å². The number of rotatable bonds is 3. The summed E-state index contributed by atoms with van der Waals surface area (Å²) in [4.78, 5) is 14.6. The molecule has 3 rings (SSSR count). The van der Waals surface area contributed by atoms with Crippen molar-refractivity contribution in [3.63, 3.8) is 0 Å². The number of benzene rings is 1. The maximum Gasteiger partial charge on any atom is 0.155 e. The van der Waals surface area contributed by atoms with E-state index in [1.807, 2.05) is 0 Å². The van der Waals surface area contributed by atoms with Crippen molar-refractivity contribution in [2.24, 2.45) is 5.92 Å². The van der Waals surface area contributed by atoms with Gasteiger partial charge in [0.1, 0.15) is 0 Å². The fraction of sp³-hybridized carbons (Fsp3) is 0.562. The van der Waals surface area contributed by atoms with Gasteiger partial charge in [0.05, 0.1) is 6.54 Å². The first-order valence-electron chi connectivity index (χ1n) is 7.13. The molecule has 18 heavy (non-hydrogen) atoms. The first kappa shape index (κ1) is 11.8. The number of fused-ring (bicyclic) bond motifs is 1. The molecular weight excluding hydrogens is 222 g/mol. The third-order valence-electron chi connectivity index (χ3n) is 4.49. The number of ketones is 1. The average molecular weight is 243 g/mol. The molecule has 0 bridgehead atoms. The van der Waals surface area contributed by atoms with Crippen LogP contribution >= 0.6 is 0 Å². The second-order valence-corrected chi connectivity index (χ2v) is 5.76. The van der Waals surface area contributed by atoms with Crippen LogP contribution in [-0.4, -0.2) is 18.4 Å². The summed E-state index contributed by atoms with van der Waals surface area (Å²) in [6.07, 6.45) is 5.78. The van der Waals surface area contributed by atoms with Crippen LogP contribution in [0.5, 0.6) is 0 Å². The molecule has 0 amide bonds. The highest BCUT2D eigenvalue weighted by molar-refractivity contribution is 5.86. The standard InChI is InChI=1S/C16H21NO/c1-12-10-14-8-4-5-9-15(14)17(12)11-16(18)13-6-2-3-7-13/h4-5,8-9,12-13H,2-3,6-7,10-11H2,1H3. The van der Waals surface area contributed by atoms with Crippen molar-refractivity contribution >= 4 is 11.5 Å². The van der Waals surface area contributed by atoms with Crippen molar-refractivity contribution in [2.45, 2.75) is 45.1 Å². The molecule has 1 fully saturated rings. The summed E-state index contributed by atoms with van der Waals surface area (Å²) < 4.78 is 0. The molecule has 0 saturated heterocycles. The molecular formula is C16H21NO. The Hall–Kier alpha value is -1.31. The van der Waals surface area contributed by atoms with E-state index in [1.165, 1.54) is 24.1 Å². The Labute approximate surface area is 109 Å². The lowest BCUT2D eigenvalue weighted by molar-refractivity contribution is -0.121. The first-order chi connectivity index (χ1) is 8.75. The minimum atomic E-state index is 0.338. The summed E-state index contributed by atoms with van der Waals surface area (Å²) in [7, 11) is 0. The quantitative estimate of drug-likeness (QED) is 0.812. The van der Waals surface area contributed by atoms with Crippen LogP contribution in [0.25, 0.3) is 0 Å². The van der Waals surface area contributed by atoms with Gasteiger partial charge in [-0.25, -0.2) is 0 Å². The third-order valence-corrected chi connectivity index (χ3v) is 4.49. The van der Waals surface area contributed by atoms with E-state index in [4.69, 9.17) is 0 Å². The fourth-order valence-corrected chi connectivity index (χ4v) is 3.42.